The van der Waals surface area contributed by atoms with Gasteiger partial charge in [0.25, 0.3) is 0 Å². The molecule has 4 rings (SSSR count). The van der Waals surface area contributed by atoms with E-state index in [9.17, 15) is 4.79 Å². The number of amides is 1. The molecule has 122 valence electrons. The highest BCUT2D eigenvalue weighted by atomic mass is 32.1. The minimum absolute atomic E-state index is 0.145. The van der Waals surface area contributed by atoms with Gasteiger partial charge < -0.3 is 4.42 Å². The number of hydrogen-bond acceptors (Lipinski definition) is 4. The Balaban J connectivity index is 1.62. The molecule has 1 aliphatic carbocycles. The van der Waals surface area contributed by atoms with Crippen molar-refractivity contribution in [2.45, 2.75) is 26.3 Å². The lowest BCUT2D eigenvalue weighted by Gasteiger charge is -2.18. The van der Waals surface area contributed by atoms with Gasteiger partial charge in [-0.25, -0.2) is 4.98 Å². The van der Waals surface area contributed by atoms with Gasteiger partial charge in [0.15, 0.2) is 5.13 Å². The zero-order chi connectivity index (χ0) is 16.5. The summed E-state index contributed by atoms with van der Waals surface area (Å²) >= 11 is 1.50. The molecule has 0 saturated heterocycles. The van der Waals surface area contributed by atoms with Crippen LogP contribution in [0.2, 0.25) is 0 Å². The molecule has 4 nitrogen and oxygen atoms in total. The Hall–Kier alpha value is -2.40. The van der Waals surface area contributed by atoms with Crippen molar-refractivity contribution in [3.05, 3.63) is 59.4 Å². The van der Waals surface area contributed by atoms with Crippen LogP contribution in [-0.4, -0.2) is 10.9 Å². The lowest BCUT2D eigenvalue weighted by molar-refractivity contribution is -0.120. The Morgan fingerprint density at radius 2 is 2.08 bits per heavy atom. The van der Waals surface area contributed by atoms with Gasteiger partial charge in [0, 0.05) is 16.9 Å². The van der Waals surface area contributed by atoms with Crippen molar-refractivity contribution in [1.82, 2.24) is 4.98 Å². The van der Waals surface area contributed by atoms with Crippen molar-refractivity contribution in [2.75, 3.05) is 4.90 Å². The van der Waals surface area contributed by atoms with Gasteiger partial charge in [-0.3, -0.25) is 9.69 Å². The topological polar surface area (TPSA) is 46.3 Å². The van der Waals surface area contributed by atoms with Crippen molar-refractivity contribution < 1.29 is 9.21 Å². The number of rotatable bonds is 5. The maximum absolute atomic E-state index is 12.7. The summed E-state index contributed by atoms with van der Waals surface area (Å²) in [7, 11) is 0. The first-order valence-electron chi connectivity index (χ1n) is 8.07. The van der Waals surface area contributed by atoms with Crippen LogP contribution in [-0.2, 0) is 11.3 Å². The van der Waals surface area contributed by atoms with E-state index in [0.717, 1.165) is 35.0 Å². The Morgan fingerprint density at radius 3 is 2.75 bits per heavy atom. The van der Waals surface area contributed by atoms with Crippen molar-refractivity contribution in [3.63, 3.8) is 0 Å². The predicted octanol–water partition coefficient (Wildman–Crippen LogP) is 4.65. The molecule has 2 heterocycles. The van der Waals surface area contributed by atoms with Crippen LogP contribution in [0.1, 0.15) is 24.2 Å². The zero-order valence-corrected chi connectivity index (χ0v) is 14.3. The third-order valence-corrected chi connectivity index (χ3v) is 5.02. The van der Waals surface area contributed by atoms with Gasteiger partial charge in [-0.1, -0.05) is 29.8 Å². The number of aromatic nitrogens is 1. The molecule has 0 bridgehead atoms. The number of nitrogens with zero attached hydrogens (tertiary/aromatic N) is 2. The van der Waals surface area contributed by atoms with E-state index in [-0.39, 0.29) is 11.8 Å². The van der Waals surface area contributed by atoms with Crippen LogP contribution in [0.5, 0.6) is 0 Å². The van der Waals surface area contributed by atoms with Gasteiger partial charge in [0.05, 0.1) is 18.5 Å². The van der Waals surface area contributed by atoms with E-state index >= 15 is 0 Å². The normalized spacial score (nSPS) is 13.9. The second-order valence-corrected chi connectivity index (χ2v) is 7.00. The first-order valence-corrected chi connectivity index (χ1v) is 8.95. The van der Waals surface area contributed by atoms with Crippen LogP contribution in [0.15, 0.2) is 52.5 Å². The molecule has 0 unspecified atom stereocenters. The molecule has 1 aliphatic rings. The molecular weight excluding hydrogens is 320 g/mol. The highest BCUT2D eigenvalue weighted by molar-refractivity contribution is 7.14. The first-order chi connectivity index (χ1) is 11.7. The number of anilines is 1. The second kappa shape index (κ2) is 6.24. The molecular formula is C19H18N2O2S. The summed E-state index contributed by atoms with van der Waals surface area (Å²) in [5.41, 5.74) is 3.19. The molecule has 2 aromatic heterocycles. The molecule has 1 amide bonds. The maximum atomic E-state index is 12.7. The van der Waals surface area contributed by atoms with Crippen LogP contribution in [0, 0.1) is 12.8 Å². The monoisotopic (exact) mass is 338 g/mol. The van der Waals surface area contributed by atoms with E-state index in [2.05, 4.69) is 31.2 Å². The van der Waals surface area contributed by atoms with Crippen LogP contribution in [0.3, 0.4) is 0 Å². The van der Waals surface area contributed by atoms with E-state index in [1.807, 2.05) is 17.5 Å². The fourth-order valence-electron chi connectivity index (χ4n) is 2.59. The molecule has 1 aromatic carbocycles. The molecule has 0 atom stereocenters. The molecule has 3 aromatic rings. The lowest BCUT2D eigenvalue weighted by atomic mass is 10.1. The Morgan fingerprint density at radius 1 is 1.29 bits per heavy atom. The van der Waals surface area contributed by atoms with E-state index in [0.29, 0.717) is 6.54 Å². The summed E-state index contributed by atoms with van der Waals surface area (Å²) in [6, 6.07) is 12.0. The van der Waals surface area contributed by atoms with Crippen LogP contribution in [0.25, 0.3) is 11.3 Å². The number of benzene rings is 1. The number of carbonyl (C=O) groups is 1. The molecule has 0 radical (unpaired) electrons. The average molecular weight is 338 g/mol. The molecule has 5 heteroatoms. The van der Waals surface area contributed by atoms with Gasteiger partial charge in [-0.15, -0.1) is 11.3 Å². The fraction of sp³-hybridized carbons (Fsp3) is 0.263. The van der Waals surface area contributed by atoms with E-state index in [1.54, 1.807) is 11.2 Å². The lowest BCUT2D eigenvalue weighted by Crippen LogP contribution is -2.31. The number of aryl methyl sites for hydroxylation is 1. The highest BCUT2D eigenvalue weighted by Crippen LogP contribution is 2.35. The van der Waals surface area contributed by atoms with Crippen LogP contribution in [0.4, 0.5) is 5.13 Å². The molecule has 0 aliphatic heterocycles. The third kappa shape index (κ3) is 3.12. The largest absolute Gasteiger partial charge is 0.467 e. The smallest absolute Gasteiger partial charge is 0.232 e. The minimum Gasteiger partial charge on any atom is -0.467 e. The number of furan rings is 1. The molecule has 1 saturated carbocycles. The minimum atomic E-state index is 0.145. The SMILES string of the molecule is Cc1ccc(-c2csc(N(Cc3ccco3)C(=O)C3CC3)n2)cc1. The number of carbonyl (C=O) groups excluding carboxylic acids is 1. The van der Waals surface area contributed by atoms with Gasteiger partial charge in [-0.05, 0) is 31.9 Å². The summed E-state index contributed by atoms with van der Waals surface area (Å²) in [4.78, 5) is 19.1. The molecule has 0 N–H and O–H groups in total. The Labute approximate surface area is 144 Å². The van der Waals surface area contributed by atoms with Gasteiger partial charge in [0.1, 0.15) is 5.76 Å². The summed E-state index contributed by atoms with van der Waals surface area (Å²) in [6.45, 7) is 2.50. The summed E-state index contributed by atoms with van der Waals surface area (Å²) < 4.78 is 5.42. The predicted molar refractivity (Wildman–Crippen MR) is 94.9 cm³/mol. The van der Waals surface area contributed by atoms with E-state index in [1.165, 1.54) is 16.9 Å². The van der Waals surface area contributed by atoms with Gasteiger partial charge in [-0.2, -0.15) is 0 Å². The van der Waals surface area contributed by atoms with Crippen molar-refractivity contribution >= 4 is 22.4 Å². The van der Waals surface area contributed by atoms with Crippen LogP contribution < -0.4 is 4.90 Å². The number of hydrogen-bond donors (Lipinski definition) is 0. The molecule has 0 spiro atoms. The van der Waals surface area contributed by atoms with E-state index < -0.39 is 0 Å². The first kappa shape index (κ1) is 15.1. The van der Waals surface area contributed by atoms with Crippen LogP contribution >= 0.6 is 11.3 Å². The van der Waals surface area contributed by atoms with Crippen molar-refractivity contribution in [3.8, 4) is 11.3 Å². The summed E-state index contributed by atoms with van der Waals surface area (Å²) in [5, 5.41) is 2.74. The molecule has 24 heavy (non-hydrogen) atoms. The van der Waals surface area contributed by atoms with E-state index in [4.69, 9.17) is 9.40 Å². The summed E-state index contributed by atoms with van der Waals surface area (Å²) in [6.07, 6.45) is 3.59. The molecule has 1 fully saturated rings. The zero-order valence-electron chi connectivity index (χ0n) is 13.4. The highest BCUT2D eigenvalue weighted by Gasteiger charge is 2.35. The fourth-order valence-corrected chi connectivity index (χ4v) is 3.43. The quantitative estimate of drug-likeness (QED) is 0.680. The van der Waals surface area contributed by atoms with Crippen molar-refractivity contribution in [1.29, 1.82) is 0 Å². The Kier molecular flexibility index (Phi) is 3.94. The van der Waals surface area contributed by atoms with Crippen molar-refractivity contribution in [2.24, 2.45) is 5.92 Å². The van der Waals surface area contributed by atoms with Gasteiger partial charge in [0.2, 0.25) is 5.91 Å². The Bertz CT molecular complexity index is 833. The second-order valence-electron chi connectivity index (χ2n) is 6.16. The summed E-state index contributed by atoms with van der Waals surface area (Å²) in [5.74, 6) is 1.07. The maximum Gasteiger partial charge on any atom is 0.232 e. The van der Waals surface area contributed by atoms with Gasteiger partial charge >= 0.3 is 0 Å². The number of thiazole rings is 1. The third-order valence-electron chi connectivity index (χ3n) is 4.16. The average Bonchev–Trinajstić information content (AvgIpc) is 3.10. The standard InChI is InChI=1S/C19H18N2O2S/c1-13-4-6-14(7-5-13)17-12-24-19(20-17)21(18(22)15-8-9-15)11-16-3-2-10-23-16/h2-7,10,12,15H,8-9,11H2,1H3.